The average molecular weight is 390 g/mol. The highest BCUT2D eigenvalue weighted by molar-refractivity contribution is 5.99. The number of amides is 4. The maximum Gasteiger partial charge on any atom is 0.250 e. The lowest BCUT2D eigenvalue weighted by Crippen LogP contribution is -2.47. The minimum absolute atomic E-state index is 0.113. The van der Waals surface area contributed by atoms with E-state index in [-0.39, 0.29) is 43.3 Å². The SMILES string of the molecule is NCCCNC(=O)COCC(=O)Nc1ccc(CCC(=O)N2CCC2=O)cc1. The van der Waals surface area contributed by atoms with Crippen LogP contribution in [0.15, 0.2) is 24.3 Å². The summed E-state index contributed by atoms with van der Waals surface area (Å²) in [6, 6.07) is 7.08. The number of nitrogens with two attached hydrogens (primary N) is 1. The van der Waals surface area contributed by atoms with Gasteiger partial charge in [0, 0.05) is 31.6 Å². The van der Waals surface area contributed by atoms with E-state index in [4.69, 9.17) is 10.5 Å². The summed E-state index contributed by atoms with van der Waals surface area (Å²) in [6.07, 6.45) is 1.94. The van der Waals surface area contributed by atoms with Crippen LogP contribution in [0.5, 0.6) is 0 Å². The van der Waals surface area contributed by atoms with Crippen LogP contribution < -0.4 is 16.4 Å². The van der Waals surface area contributed by atoms with Crippen molar-refractivity contribution in [1.29, 1.82) is 0 Å². The van der Waals surface area contributed by atoms with Crippen LogP contribution in [-0.2, 0) is 30.3 Å². The molecule has 0 spiro atoms. The first-order valence-corrected chi connectivity index (χ1v) is 9.26. The molecule has 0 radical (unpaired) electrons. The van der Waals surface area contributed by atoms with Crippen LogP contribution in [0, 0.1) is 0 Å². The molecule has 0 aromatic heterocycles. The van der Waals surface area contributed by atoms with E-state index < -0.39 is 0 Å². The third-order valence-electron chi connectivity index (χ3n) is 4.19. The zero-order valence-corrected chi connectivity index (χ0v) is 15.7. The van der Waals surface area contributed by atoms with Gasteiger partial charge in [-0.05, 0) is 37.1 Å². The van der Waals surface area contributed by atoms with Crippen LogP contribution in [0.25, 0.3) is 0 Å². The molecule has 9 nitrogen and oxygen atoms in total. The molecule has 4 amide bonds. The van der Waals surface area contributed by atoms with Crippen molar-refractivity contribution in [2.24, 2.45) is 5.73 Å². The van der Waals surface area contributed by atoms with Gasteiger partial charge in [0.1, 0.15) is 13.2 Å². The highest BCUT2D eigenvalue weighted by Crippen LogP contribution is 2.14. The fourth-order valence-corrected chi connectivity index (χ4v) is 2.53. The first-order chi connectivity index (χ1) is 13.5. The van der Waals surface area contributed by atoms with Gasteiger partial charge in [-0.2, -0.15) is 0 Å². The molecular formula is C19H26N4O5. The number of carbonyl (C=O) groups excluding carboxylic acids is 4. The van der Waals surface area contributed by atoms with Gasteiger partial charge >= 0.3 is 0 Å². The molecule has 28 heavy (non-hydrogen) atoms. The molecule has 1 aromatic rings. The van der Waals surface area contributed by atoms with Gasteiger partial charge in [-0.3, -0.25) is 24.1 Å². The molecule has 0 aliphatic carbocycles. The molecule has 1 aliphatic rings. The molecule has 152 valence electrons. The number of rotatable bonds is 11. The Morgan fingerprint density at radius 1 is 1.11 bits per heavy atom. The lowest BCUT2D eigenvalue weighted by Gasteiger charge is -2.28. The standard InChI is InChI=1S/C19H26N4O5/c20-9-1-10-21-16(24)12-28-13-17(25)22-15-5-2-14(3-6-15)4-7-18(26)23-11-8-19(23)27/h2-3,5-6H,1,4,7-13,20H2,(H,21,24)(H,22,25). The van der Waals surface area contributed by atoms with E-state index in [1.807, 2.05) is 12.1 Å². The molecule has 0 saturated carbocycles. The molecule has 0 unspecified atom stereocenters. The average Bonchev–Trinajstić information content (AvgIpc) is 2.66. The van der Waals surface area contributed by atoms with Gasteiger partial charge in [0.25, 0.3) is 0 Å². The predicted molar refractivity (Wildman–Crippen MR) is 102 cm³/mol. The number of β-lactam (4-membered cyclic amide) rings is 1. The molecule has 0 bridgehead atoms. The van der Waals surface area contributed by atoms with Gasteiger partial charge in [0.05, 0.1) is 0 Å². The number of aryl methyl sites for hydroxylation is 1. The summed E-state index contributed by atoms with van der Waals surface area (Å²) in [4.78, 5) is 47.6. The van der Waals surface area contributed by atoms with Crippen LogP contribution in [0.1, 0.15) is 24.8 Å². The Bertz CT molecular complexity index is 705. The van der Waals surface area contributed by atoms with Crippen LogP contribution in [0.3, 0.4) is 0 Å². The highest BCUT2D eigenvalue weighted by atomic mass is 16.5. The summed E-state index contributed by atoms with van der Waals surface area (Å²) in [6.45, 7) is 1.07. The smallest absolute Gasteiger partial charge is 0.250 e. The molecule has 1 saturated heterocycles. The summed E-state index contributed by atoms with van der Waals surface area (Å²) in [5, 5.41) is 5.30. The summed E-state index contributed by atoms with van der Waals surface area (Å²) in [5.74, 6) is -0.926. The number of hydrogen-bond acceptors (Lipinski definition) is 6. The fraction of sp³-hybridized carbons (Fsp3) is 0.474. The van der Waals surface area contributed by atoms with Gasteiger partial charge in [0.2, 0.25) is 23.6 Å². The van der Waals surface area contributed by atoms with E-state index in [2.05, 4.69) is 10.6 Å². The van der Waals surface area contributed by atoms with E-state index in [1.165, 1.54) is 4.90 Å². The number of anilines is 1. The number of ether oxygens (including phenoxy) is 1. The van der Waals surface area contributed by atoms with Gasteiger partial charge in [-0.1, -0.05) is 12.1 Å². The van der Waals surface area contributed by atoms with E-state index in [0.29, 0.717) is 44.6 Å². The maximum absolute atomic E-state index is 11.8. The van der Waals surface area contributed by atoms with E-state index in [1.54, 1.807) is 12.1 Å². The molecule has 1 aromatic carbocycles. The fourth-order valence-electron chi connectivity index (χ4n) is 2.53. The second kappa shape index (κ2) is 11.2. The maximum atomic E-state index is 11.8. The molecule has 9 heteroatoms. The Balaban J connectivity index is 1.64. The Hall–Kier alpha value is -2.78. The minimum Gasteiger partial charge on any atom is -0.362 e. The van der Waals surface area contributed by atoms with Crippen molar-refractivity contribution in [1.82, 2.24) is 10.2 Å². The van der Waals surface area contributed by atoms with E-state index in [0.717, 1.165) is 5.56 Å². The van der Waals surface area contributed by atoms with Crippen molar-refractivity contribution in [3.8, 4) is 0 Å². The van der Waals surface area contributed by atoms with Crippen LogP contribution in [0.4, 0.5) is 5.69 Å². The van der Waals surface area contributed by atoms with Crippen LogP contribution in [-0.4, -0.2) is 61.4 Å². The van der Waals surface area contributed by atoms with Crippen molar-refractivity contribution in [3.63, 3.8) is 0 Å². The van der Waals surface area contributed by atoms with Gasteiger partial charge in [-0.15, -0.1) is 0 Å². The van der Waals surface area contributed by atoms with Gasteiger partial charge in [-0.25, -0.2) is 0 Å². The summed E-state index contributed by atoms with van der Waals surface area (Å²) >= 11 is 0. The summed E-state index contributed by atoms with van der Waals surface area (Å²) in [7, 11) is 0. The molecule has 2 rings (SSSR count). The highest BCUT2D eigenvalue weighted by Gasteiger charge is 2.29. The van der Waals surface area contributed by atoms with E-state index >= 15 is 0 Å². The van der Waals surface area contributed by atoms with E-state index in [9.17, 15) is 19.2 Å². The first-order valence-electron chi connectivity index (χ1n) is 9.26. The number of likely N-dealkylation sites (tertiary alicyclic amines) is 1. The molecule has 1 aliphatic heterocycles. The van der Waals surface area contributed by atoms with Gasteiger partial charge < -0.3 is 21.1 Å². The molecular weight excluding hydrogens is 364 g/mol. The number of nitrogens with one attached hydrogen (secondary N) is 2. The third-order valence-corrected chi connectivity index (χ3v) is 4.19. The number of carbonyl (C=O) groups is 4. The summed E-state index contributed by atoms with van der Waals surface area (Å²) < 4.78 is 5.07. The lowest BCUT2D eigenvalue weighted by molar-refractivity contribution is -0.152. The van der Waals surface area contributed by atoms with Gasteiger partial charge in [0.15, 0.2) is 0 Å². The van der Waals surface area contributed by atoms with Crippen LogP contribution >= 0.6 is 0 Å². The third kappa shape index (κ3) is 7.09. The topological polar surface area (TPSA) is 131 Å². The number of imide groups is 1. The second-order valence-corrected chi connectivity index (χ2v) is 6.42. The number of benzene rings is 1. The first kappa shape index (κ1) is 21.5. The van der Waals surface area contributed by atoms with Crippen molar-refractivity contribution in [3.05, 3.63) is 29.8 Å². The second-order valence-electron chi connectivity index (χ2n) is 6.42. The summed E-state index contributed by atoms with van der Waals surface area (Å²) in [5.41, 5.74) is 6.85. The lowest BCUT2D eigenvalue weighted by atomic mass is 10.1. The Kier molecular flexibility index (Phi) is 8.57. The van der Waals surface area contributed by atoms with Crippen LogP contribution in [0.2, 0.25) is 0 Å². The predicted octanol–water partition coefficient (Wildman–Crippen LogP) is -0.202. The number of nitrogens with zero attached hydrogens (tertiary/aromatic N) is 1. The normalized spacial score (nSPS) is 13.0. The van der Waals surface area contributed by atoms with Crippen molar-refractivity contribution in [2.75, 3.05) is 38.2 Å². The quantitative estimate of drug-likeness (QED) is 0.354. The molecule has 0 atom stereocenters. The van der Waals surface area contributed by atoms with Crippen molar-refractivity contribution >= 4 is 29.3 Å². The zero-order chi connectivity index (χ0) is 20.4. The minimum atomic E-state index is -0.367. The van der Waals surface area contributed by atoms with Crippen molar-refractivity contribution in [2.45, 2.75) is 25.7 Å². The Morgan fingerprint density at radius 2 is 1.82 bits per heavy atom. The Morgan fingerprint density at radius 3 is 2.43 bits per heavy atom. The monoisotopic (exact) mass is 390 g/mol. The molecule has 1 fully saturated rings. The molecule has 4 N–H and O–H groups in total. The zero-order valence-electron chi connectivity index (χ0n) is 15.7. The molecule has 1 heterocycles. The van der Waals surface area contributed by atoms with Crippen molar-refractivity contribution < 1.29 is 23.9 Å². The number of hydrogen-bond donors (Lipinski definition) is 3. The largest absolute Gasteiger partial charge is 0.362 e. The Labute approximate surface area is 163 Å².